The van der Waals surface area contributed by atoms with Crippen LogP contribution in [0.3, 0.4) is 0 Å². The molecule has 0 saturated heterocycles. The van der Waals surface area contributed by atoms with Crippen LogP contribution in [0.2, 0.25) is 0 Å². The maximum atomic E-state index is 11.6. The number of hydrogen-bond acceptors (Lipinski definition) is 5. The molecule has 6 nitrogen and oxygen atoms in total. The predicted octanol–water partition coefficient (Wildman–Crippen LogP) is 0.591. The van der Waals surface area contributed by atoms with Crippen molar-refractivity contribution < 1.29 is 4.79 Å². The lowest BCUT2D eigenvalue weighted by Crippen LogP contribution is -2.53. The quantitative estimate of drug-likeness (QED) is 0.727. The van der Waals surface area contributed by atoms with Crippen LogP contribution in [0.1, 0.15) is 32.0 Å². The minimum absolute atomic E-state index is 0.251. The van der Waals surface area contributed by atoms with Crippen LogP contribution in [0.4, 0.5) is 0 Å². The third-order valence-corrected chi connectivity index (χ3v) is 4.43. The normalized spacial score (nSPS) is 27.6. The third-order valence-electron chi connectivity index (χ3n) is 3.30. The van der Waals surface area contributed by atoms with Crippen LogP contribution < -0.4 is 11.1 Å². The minimum Gasteiger partial charge on any atom is -0.368 e. The van der Waals surface area contributed by atoms with Crippen LogP contribution in [0.25, 0.3) is 0 Å². The number of thioether (sulfide) groups is 1. The number of aryl methyl sites for hydroxylation is 1. The van der Waals surface area contributed by atoms with Gasteiger partial charge in [0.25, 0.3) is 0 Å². The number of H-pyrrole nitrogens is 1. The van der Waals surface area contributed by atoms with Crippen LogP contribution in [-0.4, -0.2) is 38.4 Å². The molecule has 2 unspecified atom stereocenters. The van der Waals surface area contributed by atoms with E-state index >= 15 is 0 Å². The third kappa shape index (κ3) is 2.67. The summed E-state index contributed by atoms with van der Waals surface area (Å²) in [5.41, 5.74) is 4.99. The van der Waals surface area contributed by atoms with Crippen molar-refractivity contribution in [2.45, 2.75) is 49.1 Å². The van der Waals surface area contributed by atoms with Gasteiger partial charge in [0.05, 0.1) is 5.54 Å². The number of nitrogens with one attached hydrogen (secondary N) is 2. The fourth-order valence-corrected chi connectivity index (χ4v) is 3.62. The Kier molecular flexibility index (Phi) is 3.91. The summed E-state index contributed by atoms with van der Waals surface area (Å²) in [5.74, 6) is 0.557. The summed E-state index contributed by atoms with van der Waals surface area (Å²) < 4.78 is 0. The van der Waals surface area contributed by atoms with E-state index in [0.717, 1.165) is 36.8 Å². The van der Waals surface area contributed by atoms with Gasteiger partial charge in [-0.25, -0.2) is 4.98 Å². The van der Waals surface area contributed by atoms with Crippen molar-refractivity contribution >= 4 is 17.7 Å². The molecule has 0 aromatic carbocycles. The second kappa shape index (κ2) is 5.27. The summed E-state index contributed by atoms with van der Waals surface area (Å²) in [7, 11) is 0. The van der Waals surface area contributed by atoms with Crippen molar-refractivity contribution in [3.05, 3.63) is 5.82 Å². The number of nitrogens with zero attached hydrogens (tertiary/aromatic N) is 2. The van der Waals surface area contributed by atoms with E-state index in [0.29, 0.717) is 5.25 Å². The number of amides is 1. The predicted molar refractivity (Wildman–Crippen MR) is 70.2 cm³/mol. The number of likely N-dealkylation sites (N-methyl/N-ethyl adjacent to an activating group) is 1. The lowest BCUT2D eigenvalue weighted by molar-refractivity contribution is -0.124. The lowest BCUT2D eigenvalue weighted by Gasteiger charge is -2.26. The summed E-state index contributed by atoms with van der Waals surface area (Å²) in [6.45, 7) is 4.61. The molecule has 100 valence electrons. The SMILES string of the molecule is CCNC1(C(N)=O)CCC(Sc2n[nH]c(C)n2)C1. The Hall–Kier alpha value is -1.08. The molecule has 18 heavy (non-hydrogen) atoms. The van der Waals surface area contributed by atoms with Crippen LogP contribution in [0.15, 0.2) is 5.16 Å². The molecule has 0 bridgehead atoms. The molecule has 2 atom stereocenters. The Balaban J connectivity index is 2.00. The van der Waals surface area contributed by atoms with Gasteiger partial charge in [-0.05, 0) is 32.7 Å². The number of aromatic amines is 1. The molecule has 1 heterocycles. The molecule has 1 aromatic rings. The van der Waals surface area contributed by atoms with E-state index in [-0.39, 0.29) is 5.91 Å². The maximum Gasteiger partial charge on any atom is 0.237 e. The van der Waals surface area contributed by atoms with E-state index in [9.17, 15) is 4.79 Å². The Morgan fingerprint density at radius 2 is 2.50 bits per heavy atom. The summed E-state index contributed by atoms with van der Waals surface area (Å²) in [6.07, 6.45) is 2.49. The highest BCUT2D eigenvalue weighted by molar-refractivity contribution is 7.99. The zero-order valence-corrected chi connectivity index (χ0v) is 11.5. The van der Waals surface area contributed by atoms with Gasteiger partial charge in [-0.1, -0.05) is 18.7 Å². The topological polar surface area (TPSA) is 96.7 Å². The molecular formula is C11H19N5OS. The van der Waals surface area contributed by atoms with Gasteiger partial charge in [0.15, 0.2) is 0 Å². The van der Waals surface area contributed by atoms with Gasteiger partial charge in [0.1, 0.15) is 5.82 Å². The first-order valence-electron chi connectivity index (χ1n) is 6.16. The average molecular weight is 269 g/mol. The minimum atomic E-state index is -0.544. The molecule has 7 heteroatoms. The van der Waals surface area contributed by atoms with E-state index in [4.69, 9.17) is 5.73 Å². The molecule has 2 rings (SSSR count). The monoisotopic (exact) mass is 269 g/mol. The van der Waals surface area contributed by atoms with Gasteiger partial charge >= 0.3 is 0 Å². The smallest absolute Gasteiger partial charge is 0.237 e. The first-order chi connectivity index (χ1) is 8.55. The molecule has 0 radical (unpaired) electrons. The molecule has 1 aromatic heterocycles. The summed E-state index contributed by atoms with van der Waals surface area (Å²) in [6, 6.07) is 0. The highest BCUT2D eigenvalue weighted by atomic mass is 32.2. The van der Waals surface area contributed by atoms with Crippen molar-refractivity contribution in [1.29, 1.82) is 0 Å². The Morgan fingerprint density at radius 3 is 3.06 bits per heavy atom. The van der Waals surface area contributed by atoms with Gasteiger partial charge in [0, 0.05) is 5.25 Å². The maximum absolute atomic E-state index is 11.6. The van der Waals surface area contributed by atoms with E-state index in [1.807, 2.05) is 13.8 Å². The zero-order chi connectivity index (χ0) is 13.2. The number of rotatable bonds is 5. The standard InChI is InChI=1S/C11H19N5OS/c1-3-13-11(9(12)17)5-4-8(6-11)18-10-14-7(2)15-16-10/h8,13H,3-6H2,1-2H3,(H2,12,17)(H,14,15,16). The molecule has 1 aliphatic rings. The number of nitrogens with two attached hydrogens (primary N) is 1. The van der Waals surface area contributed by atoms with Crippen molar-refractivity contribution in [1.82, 2.24) is 20.5 Å². The molecule has 1 aliphatic carbocycles. The second-order valence-corrected chi connectivity index (χ2v) is 5.93. The Morgan fingerprint density at radius 1 is 1.72 bits per heavy atom. The van der Waals surface area contributed by atoms with Crippen LogP contribution >= 0.6 is 11.8 Å². The highest BCUT2D eigenvalue weighted by Gasteiger charge is 2.43. The number of carbonyl (C=O) groups is 1. The summed E-state index contributed by atoms with van der Waals surface area (Å²) in [4.78, 5) is 15.9. The molecular weight excluding hydrogens is 250 g/mol. The molecule has 4 N–H and O–H groups in total. The number of primary amides is 1. The largest absolute Gasteiger partial charge is 0.368 e. The lowest BCUT2D eigenvalue weighted by atomic mass is 9.97. The first kappa shape index (κ1) is 13.4. The van der Waals surface area contributed by atoms with Gasteiger partial charge in [-0.2, -0.15) is 0 Å². The van der Waals surface area contributed by atoms with Crippen molar-refractivity contribution in [3.63, 3.8) is 0 Å². The van der Waals surface area contributed by atoms with Gasteiger partial charge in [-0.15, -0.1) is 5.10 Å². The van der Waals surface area contributed by atoms with Gasteiger partial charge < -0.3 is 11.1 Å². The second-order valence-electron chi connectivity index (χ2n) is 4.66. The van der Waals surface area contributed by atoms with Crippen LogP contribution in [-0.2, 0) is 4.79 Å². The number of carbonyl (C=O) groups excluding carboxylic acids is 1. The summed E-state index contributed by atoms with van der Waals surface area (Å²) >= 11 is 1.62. The average Bonchev–Trinajstić information content (AvgIpc) is 2.88. The molecule has 1 saturated carbocycles. The molecule has 0 spiro atoms. The fraction of sp³-hybridized carbons (Fsp3) is 0.727. The van der Waals surface area contributed by atoms with E-state index in [1.54, 1.807) is 11.8 Å². The van der Waals surface area contributed by atoms with Gasteiger partial charge in [-0.3, -0.25) is 9.89 Å². The number of hydrogen-bond donors (Lipinski definition) is 3. The number of aromatic nitrogens is 3. The van der Waals surface area contributed by atoms with Crippen molar-refractivity contribution in [2.75, 3.05) is 6.54 Å². The zero-order valence-electron chi connectivity index (χ0n) is 10.7. The van der Waals surface area contributed by atoms with Crippen LogP contribution in [0.5, 0.6) is 0 Å². The van der Waals surface area contributed by atoms with E-state index < -0.39 is 5.54 Å². The van der Waals surface area contributed by atoms with Gasteiger partial charge in [0.2, 0.25) is 11.1 Å². The van der Waals surface area contributed by atoms with Crippen LogP contribution in [0, 0.1) is 6.92 Å². The molecule has 1 amide bonds. The summed E-state index contributed by atoms with van der Waals surface area (Å²) in [5, 5.41) is 11.3. The van der Waals surface area contributed by atoms with E-state index in [1.165, 1.54) is 0 Å². The van der Waals surface area contributed by atoms with E-state index in [2.05, 4.69) is 20.5 Å². The molecule has 0 aliphatic heterocycles. The molecule has 1 fully saturated rings. The van der Waals surface area contributed by atoms with Crippen molar-refractivity contribution in [2.24, 2.45) is 5.73 Å². The van der Waals surface area contributed by atoms with Crippen molar-refractivity contribution in [3.8, 4) is 0 Å². The Bertz CT molecular complexity index is 435. The fourth-order valence-electron chi connectivity index (χ4n) is 2.43. The Labute approximate surface area is 111 Å². The first-order valence-corrected chi connectivity index (χ1v) is 7.04. The highest BCUT2D eigenvalue weighted by Crippen LogP contribution is 2.39.